The lowest BCUT2D eigenvalue weighted by Gasteiger charge is -2.19. The third-order valence-corrected chi connectivity index (χ3v) is 2.53. The Balaban J connectivity index is 2.96. The van der Waals surface area contributed by atoms with Crippen molar-refractivity contribution in [1.29, 1.82) is 0 Å². The van der Waals surface area contributed by atoms with E-state index in [2.05, 4.69) is 26.1 Å². The summed E-state index contributed by atoms with van der Waals surface area (Å²) in [5.41, 5.74) is 0. The Kier molecular flexibility index (Phi) is 1.79. The van der Waals surface area contributed by atoms with Crippen LogP contribution in [0.4, 0.5) is 5.00 Å². The van der Waals surface area contributed by atoms with Crippen molar-refractivity contribution >= 4 is 16.3 Å². The van der Waals surface area contributed by atoms with Gasteiger partial charge in [-0.15, -0.1) is 0 Å². The summed E-state index contributed by atoms with van der Waals surface area (Å²) in [6, 6.07) is 0. The third-order valence-electron chi connectivity index (χ3n) is 1.27. The van der Waals surface area contributed by atoms with Crippen LogP contribution in [-0.4, -0.2) is 26.1 Å². The molecular formula is C7H13N2S+. The molecule has 0 saturated heterocycles. The zero-order valence-corrected chi connectivity index (χ0v) is 7.70. The SMILES string of the molecule is Cc1ncc([N+](C)(C)C)s1. The van der Waals surface area contributed by atoms with Crippen LogP contribution in [0.1, 0.15) is 5.01 Å². The Morgan fingerprint density at radius 3 is 2.20 bits per heavy atom. The minimum absolute atomic E-state index is 0.867. The van der Waals surface area contributed by atoms with Crippen molar-refractivity contribution in [3.63, 3.8) is 0 Å². The van der Waals surface area contributed by atoms with Crippen molar-refractivity contribution in [2.24, 2.45) is 0 Å². The summed E-state index contributed by atoms with van der Waals surface area (Å²) in [6.45, 7) is 2.03. The summed E-state index contributed by atoms with van der Waals surface area (Å²) in [7, 11) is 6.44. The van der Waals surface area contributed by atoms with E-state index in [1.807, 2.05) is 13.1 Å². The first kappa shape index (κ1) is 7.69. The van der Waals surface area contributed by atoms with Crippen molar-refractivity contribution < 1.29 is 0 Å². The lowest BCUT2D eigenvalue weighted by molar-refractivity contribution is 0.495. The summed E-state index contributed by atoms with van der Waals surface area (Å²) < 4.78 is 0.867. The largest absolute Gasteiger partial charge is 0.288 e. The Bertz CT molecular complexity index is 222. The molecule has 1 rings (SSSR count). The molecule has 1 aromatic heterocycles. The lowest BCUT2D eigenvalue weighted by atomic mass is 10.6. The molecular weight excluding hydrogens is 144 g/mol. The second-order valence-electron chi connectivity index (χ2n) is 3.23. The number of quaternary nitrogens is 1. The van der Waals surface area contributed by atoms with Gasteiger partial charge in [-0.05, 0) is 6.92 Å². The van der Waals surface area contributed by atoms with Gasteiger partial charge in [-0.3, -0.25) is 4.48 Å². The molecule has 0 aromatic carbocycles. The molecule has 0 aliphatic carbocycles. The van der Waals surface area contributed by atoms with Crippen LogP contribution >= 0.6 is 11.3 Å². The summed E-state index contributed by atoms with van der Waals surface area (Å²) in [6.07, 6.45) is 1.94. The van der Waals surface area contributed by atoms with Crippen LogP contribution in [0.5, 0.6) is 0 Å². The molecule has 3 heteroatoms. The van der Waals surface area contributed by atoms with Crippen LogP contribution in [-0.2, 0) is 0 Å². The minimum atomic E-state index is 0.867. The molecule has 0 aliphatic rings. The second-order valence-corrected chi connectivity index (χ2v) is 4.44. The molecule has 1 aromatic rings. The number of thiazole rings is 1. The van der Waals surface area contributed by atoms with Gasteiger partial charge in [0.1, 0.15) is 6.20 Å². The summed E-state index contributed by atoms with van der Waals surface area (Å²) >= 11 is 1.76. The van der Waals surface area contributed by atoms with Crippen molar-refractivity contribution in [3.05, 3.63) is 11.2 Å². The van der Waals surface area contributed by atoms with E-state index in [9.17, 15) is 0 Å². The third kappa shape index (κ3) is 1.55. The average molecular weight is 157 g/mol. The van der Waals surface area contributed by atoms with E-state index in [1.165, 1.54) is 5.00 Å². The molecule has 0 amide bonds. The maximum absolute atomic E-state index is 4.19. The molecule has 0 saturated carbocycles. The van der Waals surface area contributed by atoms with Gasteiger partial charge in [0.15, 0.2) is 0 Å². The number of rotatable bonds is 1. The van der Waals surface area contributed by atoms with Gasteiger partial charge in [0.2, 0.25) is 5.00 Å². The molecule has 0 fully saturated rings. The first-order chi connectivity index (χ1) is 4.50. The number of hydrogen-bond acceptors (Lipinski definition) is 2. The van der Waals surface area contributed by atoms with Gasteiger partial charge in [-0.2, -0.15) is 0 Å². The zero-order chi connectivity index (χ0) is 7.78. The van der Waals surface area contributed by atoms with E-state index in [-0.39, 0.29) is 0 Å². The fourth-order valence-electron chi connectivity index (χ4n) is 0.660. The van der Waals surface area contributed by atoms with Gasteiger partial charge < -0.3 is 0 Å². The molecule has 0 radical (unpaired) electrons. The first-order valence-electron chi connectivity index (χ1n) is 3.24. The van der Waals surface area contributed by atoms with Crippen molar-refractivity contribution in [2.45, 2.75) is 6.92 Å². The van der Waals surface area contributed by atoms with Gasteiger partial charge in [-0.25, -0.2) is 4.98 Å². The highest BCUT2D eigenvalue weighted by Gasteiger charge is 2.14. The second kappa shape index (κ2) is 2.32. The molecule has 0 unspecified atom stereocenters. The van der Waals surface area contributed by atoms with Gasteiger partial charge in [-0.1, -0.05) is 11.3 Å². The van der Waals surface area contributed by atoms with E-state index < -0.39 is 0 Å². The van der Waals surface area contributed by atoms with E-state index in [4.69, 9.17) is 0 Å². The molecule has 2 nitrogen and oxygen atoms in total. The number of hydrogen-bond donors (Lipinski definition) is 0. The predicted octanol–water partition coefficient (Wildman–Crippen LogP) is 1.65. The summed E-state index contributed by atoms with van der Waals surface area (Å²) in [4.78, 5) is 4.19. The molecule has 0 atom stereocenters. The van der Waals surface area contributed by atoms with E-state index >= 15 is 0 Å². The van der Waals surface area contributed by atoms with Crippen LogP contribution in [0.15, 0.2) is 6.20 Å². The number of aromatic nitrogens is 1. The quantitative estimate of drug-likeness (QED) is 0.565. The highest BCUT2D eigenvalue weighted by molar-refractivity contribution is 7.15. The molecule has 56 valence electrons. The van der Waals surface area contributed by atoms with Crippen molar-refractivity contribution in [1.82, 2.24) is 9.47 Å². The van der Waals surface area contributed by atoms with Crippen LogP contribution in [0.25, 0.3) is 0 Å². The summed E-state index contributed by atoms with van der Waals surface area (Å²) in [5.74, 6) is 0. The Morgan fingerprint density at radius 2 is 2.00 bits per heavy atom. The molecule has 10 heavy (non-hydrogen) atoms. The topological polar surface area (TPSA) is 12.9 Å². The number of nitrogens with zero attached hydrogens (tertiary/aromatic N) is 2. The van der Waals surface area contributed by atoms with Crippen LogP contribution in [0.2, 0.25) is 0 Å². The van der Waals surface area contributed by atoms with Crippen LogP contribution < -0.4 is 4.48 Å². The smallest absolute Gasteiger partial charge is 0.207 e. The zero-order valence-electron chi connectivity index (χ0n) is 6.88. The minimum Gasteiger partial charge on any atom is -0.288 e. The molecule has 0 bridgehead atoms. The maximum Gasteiger partial charge on any atom is 0.207 e. The highest BCUT2D eigenvalue weighted by Crippen LogP contribution is 2.24. The molecule has 0 N–H and O–H groups in total. The summed E-state index contributed by atoms with van der Waals surface area (Å²) in [5, 5.41) is 2.44. The fraction of sp³-hybridized carbons (Fsp3) is 0.571. The van der Waals surface area contributed by atoms with E-state index in [0.29, 0.717) is 0 Å². The van der Waals surface area contributed by atoms with E-state index in [0.717, 1.165) is 9.49 Å². The van der Waals surface area contributed by atoms with E-state index in [1.54, 1.807) is 11.3 Å². The fourth-order valence-corrected chi connectivity index (χ4v) is 1.45. The van der Waals surface area contributed by atoms with Crippen molar-refractivity contribution in [3.8, 4) is 0 Å². The highest BCUT2D eigenvalue weighted by atomic mass is 32.1. The molecule has 0 aliphatic heterocycles. The predicted molar refractivity (Wildman–Crippen MR) is 46.4 cm³/mol. The standard InChI is InChI=1S/C7H13N2S/c1-6-8-5-7(10-6)9(2,3)4/h5H,1-4H3/q+1. The first-order valence-corrected chi connectivity index (χ1v) is 4.06. The lowest BCUT2D eigenvalue weighted by Crippen LogP contribution is -2.33. The van der Waals surface area contributed by atoms with Gasteiger partial charge in [0.25, 0.3) is 0 Å². The number of aryl methyl sites for hydroxylation is 1. The average Bonchev–Trinajstić information content (AvgIpc) is 2.11. The molecule has 1 heterocycles. The van der Waals surface area contributed by atoms with Crippen molar-refractivity contribution in [2.75, 3.05) is 21.1 Å². The van der Waals surface area contributed by atoms with Crippen LogP contribution in [0, 0.1) is 6.92 Å². The van der Waals surface area contributed by atoms with Gasteiger partial charge >= 0.3 is 0 Å². The maximum atomic E-state index is 4.19. The monoisotopic (exact) mass is 157 g/mol. The van der Waals surface area contributed by atoms with Crippen LogP contribution in [0.3, 0.4) is 0 Å². The Hall–Kier alpha value is -0.410. The van der Waals surface area contributed by atoms with Gasteiger partial charge in [0, 0.05) is 0 Å². The van der Waals surface area contributed by atoms with Gasteiger partial charge in [0.05, 0.1) is 26.2 Å². The Labute approximate surface area is 65.7 Å². The Morgan fingerprint density at radius 1 is 1.40 bits per heavy atom. The molecule has 0 spiro atoms. The normalized spacial score (nSPS) is 12.0.